The van der Waals surface area contributed by atoms with Crippen molar-refractivity contribution in [3.05, 3.63) is 18.2 Å². The Balaban J connectivity index is 2.27. The molecule has 0 spiro atoms. The normalized spacial score (nSPS) is 24.1. The third-order valence-corrected chi connectivity index (χ3v) is 4.32. The lowest BCUT2D eigenvalue weighted by Gasteiger charge is -2.17. The van der Waals surface area contributed by atoms with Crippen LogP contribution in [0.1, 0.15) is 26.2 Å². The fraction of sp³-hybridized carbons (Fsp3) is 0.500. The van der Waals surface area contributed by atoms with Gasteiger partial charge in [0.05, 0.1) is 5.69 Å². The molecule has 1 aromatic carbocycles. The standard InChI is InChI=1S/C12H19N3O2S/c1-8-2-4-10(6-8)15-11-5-3-9(13)7-12(11)18(14,16)17/h3,5,7-8,10,15H,2,4,6,13H2,1H3,(H2,14,16,17). The highest BCUT2D eigenvalue weighted by Crippen LogP contribution is 2.30. The number of nitrogens with one attached hydrogen (secondary N) is 1. The summed E-state index contributed by atoms with van der Waals surface area (Å²) < 4.78 is 23.1. The highest BCUT2D eigenvalue weighted by Gasteiger charge is 2.23. The number of rotatable bonds is 3. The van der Waals surface area contributed by atoms with E-state index in [1.54, 1.807) is 12.1 Å². The number of nitrogen functional groups attached to an aromatic ring is 1. The van der Waals surface area contributed by atoms with Crippen molar-refractivity contribution in [2.75, 3.05) is 11.1 Å². The molecule has 0 aromatic heterocycles. The first-order valence-electron chi connectivity index (χ1n) is 6.05. The average Bonchev–Trinajstić information content (AvgIpc) is 2.65. The van der Waals surface area contributed by atoms with Gasteiger partial charge in [-0.15, -0.1) is 0 Å². The van der Waals surface area contributed by atoms with Gasteiger partial charge in [0.25, 0.3) is 0 Å². The zero-order valence-electron chi connectivity index (χ0n) is 10.4. The Morgan fingerprint density at radius 3 is 2.61 bits per heavy atom. The summed E-state index contributed by atoms with van der Waals surface area (Å²) >= 11 is 0. The molecular formula is C12H19N3O2S. The monoisotopic (exact) mass is 269 g/mol. The van der Waals surface area contributed by atoms with Gasteiger partial charge in [0.1, 0.15) is 4.90 Å². The second-order valence-corrected chi connectivity index (χ2v) is 6.59. The van der Waals surface area contributed by atoms with E-state index >= 15 is 0 Å². The first kappa shape index (κ1) is 13.2. The van der Waals surface area contributed by atoms with E-state index in [4.69, 9.17) is 10.9 Å². The largest absolute Gasteiger partial charge is 0.399 e. The van der Waals surface area contributed by atoms with Gasteiger partial charge < -0.3 is 11.1 Å². The third kappa shape index (κ3) is 2.94. The lowest BCUT2D eigenvalue weighted by atomic mass is 10.1. The molecule has 6 heteroatoms. The van der Waals surface area contributed by atoms with Crippen molar-refractivity contribution in [2.45, 2.75) is 37.1 Å². The molecule has 2 unspecified atom stereocenters. The Morgan fingerprint density at radius 2 is 2.06 bits per heavy atom. The van der Waals surface area contributed by atoms with Gasteiger partial charge in [-0.2, -0.15) is 0 Å². The van der Waals surface area contributed by atoms with Crippen molar-refractivity contribution in [3.8, 4) is 0 Å². The van der Waals surface area contributed by atoms with Crippen LogP contribution in [0.3, 0.4) is 0 Å². The molecule has 1 aromatic rings. The first-order chi connectivity index (χ1) is 8.36. The van der Waals surface area contributed by atoms with E-state index in [1.807, 2.05) is 0 Å². The summed E-state index contributed by atoms with van der Waals surface area (Å²) in [5.74, 6) is 0.675. The van der Waals surface area contributed by atoms with Crippen LogP contribution in [0, 0.1) is 5.92 Å². The lowest BCUT2D eigenvalue weighted by molar-refractivity contribution is 0.596. The van der Waals surface area contributed by atoms with Crippen molar-refractivity contribution in [1.29, 1.82) is 0 Å². The molecule has 2 rings (SSSR count). The lowest BCUT2D eigenvalue weighted by Crippen LogP contribution is -2.20. The summed E-state index contributed by atoms with van der Waals surface area (Å²) in [6, 6.07) is 5.06. The number of benzene rings is 1. The second kappa shape index (κ2) is 4.78. The number of nitrogens with two attached hydrogens (primary N) is 2. The molecule has 1 saturated carbocycles. The van der Waals surface area contributed by atoms with E-state index in [0.29, 0.717) is 23.3 Å². The summed E-state index contributed by atoms with van der Waals surface area (Å²) in [4.78, 5) is 0.0713. The molecule has 0 radical (unpaired) electrons. The van der Waals surface area contributed by atoms with Crippen molar-refractivity contribution in [1.82, 2.24) is 0 Å². The molecule has 0 amide bonds. The fourth-order valence-corrected chi connectivity index (χ4v) is 3.19. The fourth-order valence-electron chi connectivity index (χ4n) is 2.45. The Labute approximate surface area is 108 Å². The molecule has 100 valence electrons. The van der Waals surface area contributed by atoms with E-state index in [0.717, 1.165) is 19.3 Å². The Bertz CT molecular complexity index is 542. The summed E-state index contributed by atoms with van der Waals surface area (Å²) in [5, 5.41) is 8.46. The molecule has 1 aliphatic carbocycles. The second-order valence-electron chi connectivity index (χ2n) is 5.06. The molecule has 2 atom stereocenters. The van der Waals surface area contributed by atoms with Crippen molar-refractivity contribution < 1.29 is 8.42 Å². The van der Waals surface area contributed by atoms with Gasteiger partial charge in [0.2, 0.25) is 10.0 Å². The van der Waals surface area contributed by atoms with Crippen LogP contribution in [0.4, 0.5) is 11.4 Å². The van der Waals surface area contributed by atoms with Crippen LogP contribution >= 0.6 is 0 Å². The van der Waals surface area contributed by atoms with Gasteiger partial charge in [-0.05, 0) is 43.4 Å². The van der Waals surface area contributed by atoms with Crippen LogP contribution in [0.2, 0.25) is 0 Å². The van der Waals surface area contributed by atoms with Gasteiger partial charge in [-0.3, -0.25) is 0 Å². The van der Waals surface area contributed by atoms with Gasteiger partial charge in [-0.1, -0.05) is 6.92 Å². The van der Waals surface area contributed by atoms with E-state index in [9.17, 15) is 8.42 Å². The van der Waals surface area contributed by atoms with Crippen LogP contribution in [0.5, 0.6) is 0 Å². The number of sulfonamides is 1. The van der Waals surface area contributed by atoms with Gasteiger partial charge in [0, 0.05) is 11.7 Å². The summed E-state index contributed by atoms with van der Waals surface area (Å²) in [6.07, 6.45) is 3.27. The van der Waals surface area contributed by atoms with Gasteiger partial charge in [0.15, 0.2) is 0 Å². The molecule has 1 aliphatic rings. The molecule has 5 nitrogen and oxygen atoms in total. The van der Waals surface area contributed by atoms with Crippen LogP contribution < -0.4 is 16.2 Å². The maximum Gasteiger partial charge on any atom is 0.240 e. The highest BCUT2D eigenvalue weighted by atomic mass is 32.2. The van der Waals surface area contributed by atoms with Crippen LogP contribution in [0.25, 0.3) is 0 Å². The van der Waals surface area contributed by atoms with Crippen molar-refractivity contribution >= 4 is 21.4 Å². The number of hydrogen-bond acceptors (Lipinski definition) is 4. The van der Waals surface area contributed by atoms with Crippen molar-refractivity contribution in [3.63, 3.8) is 0 Å². The molecule has 0 heterocycles. The quantitative estimate of drug-likeness (QED) is 0.724. The molecular weight excluding hydrogens is 250 g/mol. The highest BCUT2D eigenvalue weighted by molar-refractivity contribution is 7.89. The minimum atomic E-state index is -3.75. The third-order valence-electron chi connectivity index (χ3n) is 3.37. The van der Waals surface area contributed by atoms with Crippen LogP contribution in [-0.2, 0) is 10.0 Å². The van der Waals surface area contributed by atoms with Crippen molar-refractivity contribution in [2.24, 2.45) is 11.1 Å². The van der Waals surface area contributed by atoms with E-state index < -0.39 is 10.0 Å². The molecule has 0 saturated heterocycles. The van der Waals surface area contributed by atoms with E-state index in [2.05, 4.69) is 12.2 Å². The maximum atomic E-state index is 11.5. The number of anilines is 2. The van der Waals surface area contributed by atoms with Crippen LogP contribution in [-0.4, -0.2) is 14.5 Å². The predicted octanol–water partition coefficient (Wildman–Crippen LogP) is 1.52. The minimum absolute atomic E-state index is 0.0713. The SMILES string of the molecule is CC1CCC(Nc2ccc(N)cc2S(N)(=O)=O)C1. The number of hydrogen-bond donors (Lipinski definition) is 3. The number of primary sulfonamides is 1. The van der Waals surface area contributed by atoms with E-state index in [1.165, 1.54) is 6.07 Å². The molecule has 0 bridgehead atoms. The smallest absolute Gasteiger partial charge is 0.240 e. The predicted molar refractivity (Wildman–Crippen MR) is 72.7 cm³/mol. The first-order valence-corrected chi connectivity index (χ1v) is 7.60. The zero-order chi connectivity index (χ0) is 13.3. The molecule has 5 N–H and O–H groups in total. The topological polar surface area (TPSA) is 98.2 Å². The van der Waals surface area contributed by atoms with E-state index in [-0.39, 0.29) is 4.90 Å². The zero-order valence-corrected chi connectivity index (χ0v) is 11.2. The summed E-state index contributed by atoms with van der Waals surface area (Å²) in [7, 11) is -3.75. The molecule has 18 heavy (non-hydrogen) atoms. The average molecular weight is 269 g/mol. The Hall–Kier alpha value is -1.27. The summed E-state index contributed by atoms with van der Waals surface area (Å²) in [6.45, 7) is 2.20. The molecule has 0 aliphatic heterocycles. The summed E-state index contributed by atoms with van der Waals surface area (Å²) in [5.41, 5.74) is 6.55. The Kier molecular flexibility index (Phi) is 3.49. The minimum Gasteiger partial charge on any atom is -0.399 e. The maximum absolute atomic E-state index is 11.5. The van der Waals surface area contributed by atoms with Crippen LogP contribution in [0.15, 0.2) is 23.1 Å². The van der Waals surface area contributed by atoms with Gasteiger partial charge >= 0.3 is 0 Å². The van der Waals surface area contributed by atoms with Gasteiger partial charge in [-0.25, -0.2) is 13.6 Å². The Morgan fingerprint density at radius 1 is 1.33 bits per heavy atom. The molecule has 1 fully saturated rings.